The van der Waals surface area contributed by atoms with E-state index in [4.69, 9.17) is 5.11 Å². The Labute approximate surface area is 67.0 Å². The number of carbonyl (C=O) groups is 1. The molecule has 0 spiro atoms. The van der Waals surface area contributed by atoms with Gasteiger partial charge in [-0.05, 0) is 25.2 Å². The Balaban J connectivity index is 3.50. The predicted molar refractivity (Wildman–Crippen MR) is 42.5 cm³/mol. The van der Waals surface area contributed by atoms with E-state index >= 15 is 0 Å². The van der Waals surface area contributed by atoms with Gasteiger partial charge in [0.05, 0.1) is 0 Å². The van der Waals surface area contributed by atoms with E-state index in [1.807, 2.05) is 6.92 Å². The summed E-state index contributed by atoms with van der Waals surface area (Å²) in [7, 11) is 0. The molecular weight excluding hydrogens is 148 g/mol. The van der Waals surface area contributed by atoms with Crippen LogP contribution < -0.4 is 0 Å². The Morgan fingerprint density at radius 1 is 1.70 bits per heavy atom. The lowest BCUT2D eigenvalue weighted by Crippen LogP contribution is -2.10. The second-order valence-electron chi connectivity index (χ2n) is 2.29. The normalized spacial score (nSPS) is 13.0. The highest BCUT2D eigenvalue weighted by Gasteiger charge is 2.04. The fourth-order valence-electron chi connectivity index (χ4n) is 0.826. The molecule has 1 N–H and O–H groups in total. The zero-order valence-electron chi connectivity index (χ0n) is 6.17. The van der Waals surface area contributed by atoms with Crippen LogP contribution in [0.15, 0.2) is 0 Å². The minimum atomic E-state index is -0.170. The van der Waals surface area contributed by atoms with Gasteiger partial charge in [0.15, 0.2) is 0 Å². The summed E-state index contributed by atoms with van der Waals surface area (Å²) in [4.78, 5) is 10.6. The number of hydrogen-bond acceptors (Lipinski definition) is 3. The quantitative estimate of drug-likeness (QED) is 0.608. The van der Waals surface area contributed by atoms with Crippen LogP contribution in [0.1, 0.15) is 26.2 Å². The third kappa shape index (κ3) is 3.80. The molecule has 60 valence electrons. The number of carbonyl (C=O) groups excluding carboxylic acids is 1. The topological polar surface area (TPSA) is 37.3 Å². The minimum absolute atomic E-state index is 0.0119. The maximum Gasteiger partial charge on any atom is 0.0431 e. The van der Waals surface area contributed by atoms with Gasteiger partial charge in [0, 0.05) is 11.7 Å². The van der Waals surface area contributed by atoms with Gasteiger partial charge < -0.3 is 22.5 Å². The first-order chi connectivity index (χ1) is 4.72. The molecule has 0 aliphatic heterocycles. The molecule has 0 aliphatic rings. The Bertz CT molecular complexity index is 104. The molecule has 0 aliphatic carbocycles. The Kier molecular flexibility index (Phi) is 5.54. The summed E-state index contributed by atoms with van der Waals surface area (Å²) in [5.74, 6) is -0.0119. The van der Waals surface area contributed by atoms with E-state index in [-0.39, 0.29) is 17.6 Å². The first-order valence-corrected chi connectivity index (χ1v) is 3.95. The molecule has 0 amide bonds. The lowest BCUT2D eigenvalue weighted by atomic mass is 10.0. The standard InChI is InChI=1S/C7H14O2S/c1-2-6(7(9)10)4-3-5-8/h6,8H,2-5H2,1H3,(H,9,10)/p-1. The van der Waals surface area contributed by atoms with Crippen molar-refractivity contribution in [2.45, 2.75) is 26.2 Å². The summed E-state index contributed by atoms with van der Waals surface area (Å²) >= 11 is 4.49. The molecule has 0 heterocycles. The number of aliphatic hydroxyl groups is 1. The van der Waals surface area contributed by atoms with Crippen LogP contribution in [0.2, 0.25) is 0 Å². The van der Waals surface area contributed by atoms with Crippen molar-refractivity contribution in [3.63, 3.8) is 0 Å². The maximum atomic E-state index is 10.6. The number of hydrogen-bond donors (Lipinski definition) is 1. The molecule has 1 atom stereocenters. The van der Waals surface area contributed by atoms with Crippen molar-refractivity contribution in [1.29, 1.82) is 0 Å². The van der Waals surface area contributed by atoms with Crippen molar-refractivity contribution in [3.05, 3.63) is 0 Å². The molecule has 0 aromatic carbocycles. The fourth-order valence-corrected chi connectivity index (χ4v) is 1.11. The van der Waals surface area contributed by atoms with Crippen molar-refractivity contribution < 1.29 is 9.90 Å². The van der Waals surface area contributed by atoms with Crippen LogP contribution in [0.25, 0.3) is 0 Å². The third-order valence-electron chi connectivity index (χ3n) is 1.54. The van der Waals surface area contributed by atoms with E-state index < -0.39 is 0 Å². The van der Waals surface area contributed by atoms with Crippen molar-refractivity contribution in [2.24, 2.45) is 5.92 Å². The van der Waals surface area contributed by atoms with Crippen LogP contribution in [-0.4, -0.2) is 16.8 Å². The van der Waals surface area contributed by atoms with Crippen LogP contribution in [0.3, 0.4) is 0 Å². The van der Waals surface area contributed by atoms with E-state index in [1.54, 1.807) is 0 Å². The second-order valence-corrected chi connectivity index (χ2v) is 2.69. The lowest BCUT2D eigenvalue weighted by molar-refractivity contribution is -0.114. The molecule has 0 saturated carbocycles. The number of rotatable bonds is 5. The van der Waals surface area contributed by atoms with Crippen molar-refractivity contribution in [3.8, 4) is 0 Å². The summed E-state index contributed by atoms with van der Waals surface area (Å²) in [6, 6.07) is 0. The van der Waals surface area contributed by atoms with E-state index in [9.17, 15) is 4.79 Å². The molecular formula is C7H13O2S-. The molecule has 0 saturated heterocycles. The zero-order valence-corrected chi connectivity index (χ0v) is 6.99. The smallest absolute Gasteiger partial charge is 0.0431 e. The summed E-state index contributed by atoms with van der Waals surface area (Å²) in [5, 5.41) is 8.28. The summed E-state index contributed by atoms with van der Waals surface area (Å²) in [5.41, 5.74) is 0. The molecule has 0 fully saturated rings. The van der Waals surface area contributed by atoms with Gasteiger partial charge in [-0.25, -0.2) is 0 Å². The van der Waals surface area contributed by atoms with Crippen LogP contribution >= 0.6 is 0 Å². The van der Waals surface area contributed by atoms with E-state index in [0.717, 1.165) is 12.8 Å². The summed E-state index contributed by atoms with van der Waals surface area (Å²) in [6.07, 6.45) is 2.21. The Morgan fingerprint density at radius 2 is 2.30 bits per heavy atom. The van der Waals surface area contributed by atoms with Gasteiger partial charge in [-0.3, -0.25) is 0 Å². The van der Waals surface area contributed by atoms with E-state index in [0.29, 0.717) is 6.42 Å². The fraction of sp³-hybridized carbons (Fsp3) is 0.857. The highest BCUT2D eigenvalue weighted by molar-refractivity contribution is 7.77. The largest absolute Gasteiger partial charge is 0.742 e. The van der Waals surface area contributed by atoms with Crippen LogP contribution in [0.4, 0.5) is 0 Å². The monoisotopic (exact) mass is 161 g/mol. The zero-order chi connectivity index (χ0) is 7.98. The third-order valence-corrected chi connectivity index (χ3v) is 1.87. The van der Waals surface area contributed by atoms with Gasteiger partial charge in [0.2, 0.25) is 0 Å². The Morgan fingerprint density at radius 3 is 2.60 bits per heavy atom. The lowest BCUT2D eigenvalue weighted by Gasteiger charge is -2.15. The van der Waals surface area contributed by atoms with E-state index in [1.165, 1.54) is 0 Å². The molecule has 0 aromatic rings. The van der Waals surface area contributed by atoms with Crippen LogP contribution in [0, 0.1) is 5.92 Å². The Hall–Kier alpha value is -0.150. The SMILES string of the molecule is CCC(CCCO)C(=O)[S-]. The average molecular weight is 161 g/mol. The van der Waals surface area contributed by atoms with Gasteiger partial charge in [0.1, 0.15) is 0 Å². The molecule has 2 nitrogen and oxygen atoms in total. The molecule has 10 heavy (non-hydrogen) atoms. The van der Waals surface area contributed by atoms with Crippen molar-refractivity contribution >= 4 is 17.7 Å². The molecule has 0 radical (unpaired) electrons. The van der Waals surface area contributed by atoms with Gasteiger partial charge in [-0.15, -0.1) is 0 Å². The first-order valence-electron chi connectivity index (χ1n) is 3.54. The molecule has 3 heteroatoms. The van der Waals surface area contributed by atoms with Crippen LogP contribution in [-0.2, 0) is 17.4 Å². The molecule has 0 bridgehead atoms. The van der Waals surface area contributed by atoms with E-state index in [2.05, 4.69) is 12.6 Å². The van der Waals surface area contributed by atoms with Gasteiger partial charge >= 0.3 is 0 Å². The number of aliphatic hydroxyl groups excluding tert-OH is 1. The van der Waals surface area contributed by atoms with Crippen molar-refractivity contribution in [1.82, 2.24) is 0 Å². The van der Waals surface area contributed by atoms with Crippen molar-refractivity contribution in [2.75, 3.05) is 6.61 Å². The maximum absolute atomic E-state index is 10.6. The highest BCUT2D eigenvalue weighted by atomic mass is 32.1. The average Bonchev–Trinajstić information content (AvgIpc) is 1.89. The van der Waals surface area contributed by atoms with Crippen LogP contribution in [0.5, 0.6) is 0 Å². The first kappa shape index (κ1) is 9.85. The highest BCUT2D eigenvalue weighted by Crippen LogP contribution is 2.10. The predicted octanol–water partition coefficient (Wildman–Crippen LogP) is 0.859. The molecule has 1 unspecified atom stereocenters. The minimum Gasteiger partial charge on any atom is -0.742 e. The van der Waals surface area contributed by atoms with Gasteiger partial charge in [0.25, 0.3) is 0 Å². The summed E-state index contributed by atoms with van der Waals surface area (Å²) < 4.78 is 0. The second kappa shape index (κ2) is 5.62. The molecule has 0 aromatic heterocycles. The summed E-state index contributed by atoms with van der Waals surface area (Å²) in [6.45, 7) is 2.09. The van der Waals surface area contributed by atoms with Gasteiger partial charge in [-0.2, -0.15) is 0 Å². The van der Waals surface area contributed by atoms with Gasteiger partial charge in [-0.1, -0.05) is 6.92 Å². The molecule has 0 rings (SSSR count).